The topological polar surface area (TPSA) is 96.1 Å². The molecule has 36 heavy (non-hydrogen) atoms. The van der Waals surface area contributed by atoms with Crippen LogP contribution in [-0.2, 0) is 11.2 Å². The Hall–Kier alpha value is -4.39. The van der Waals surface area contributed by atoms with Crippen LogP contribution >= 0.6 is 0 Å². The van der Waals surface area contributed by atoms with E-state index in [9.17, 15) is 9.59 Å². The average Bonchev–Trinajstić information content (AvgIpc) is 3.30. The highest BCUT2D eigenvalue weighted by Crippen LogP contribution is 2.14. The Labute approximate surface area is 210 Å². The van der Waals surface area contributed by atoms with Crippen molar-refractivity contribution in [1.82, 2.24) is 20.6 Å². The van der Waals surface area contributed by atoms with Crippen LogP contribution in [-0.4, -0.2) is 34.9 Å². The first-order chi connectivity index (χ1) is 17.5. The van der Waals surface area contributed by atoms with Crippen molar-refractivity contribution in [2.75, 3.05) is 13.2 Å². The van der Waals surface area contributed by atoms with Crippen LogP contribution < -0.4 is 15.4 Å². The fourth-order valence-corrected chi connectivity index (χ4v) is 3.55. The van der Waals surface area contributed by atoms with Crippen LogP contribution in [0.3, 0.4) is 0 Å². The summed E-state index contributed by atoms with van der Waals surface area (Å²) < 4.78 is 5.69. The van der Waals surface area contributed by atoms with E-state index in [4.69, 9.17) is 4.74 Å². The minimum absolute atomic E-state index is 0.163. The first-order valence-electron chi connectivity index (χ1n) is 12.0. The maximum absolute atomic E-state index is 13.0. The van der Waals surface area contributed by atoms with Crippen LogP contribution in [0.25, 0.3) is 17.1 Å². The van der Waals surface area contributed by atoms with Gasteiger partial charge in [0.2, 0.25) is 0 Å². The summed E-state index contributed by atoms with van der Waals surface area (Å²) in [5.74, 6) is 1.14. The molecule has 7 nitrogen and oxygen atoms in total. The largest absolute Gasteiger partial charge is 0.493 e. The van der Waals surface area contributed by atoms with E-state index in [1.54, 1.807) is 30.3 Å². The number of benzene rings is 3. The van der Waals surface area contributed by atoms with E-state index in [0.29, 0.717) is 36.8 Å². The number of hydrogen-bond donors (Lipinski definition) is 3. The van der Waals surface area contributed by atoms with E-state index < -0.39 is 0 Å². The minimum Gasteiger partial charge on any atom is -0.493 e. The second-order valence-electron chi connectivity index (χ2n) is 8.86. The number of fused-ring (bicyclic) bond motifs is 1. The van der Waals surface area contributed by atoms with Crippen molar-refractivity contribution in [3.63, 3.8) is 0 Å². The number of carbonyl (C=O) groups is 2. The van der Waals surface area contributed by atoms with Crippen molar-refractivity contribution in [1.29, 1.82) is 0 Å². The highest BCUT2D eigenvalue weighted by atomic mass is 16.5. The molecule has 184 valence electrons. The van der Waals surface area contributed by atoms with Crippen molar-refractivity contribution >= 4 is 28.9 Å². The van der Waals surface area contributed by atoms with E-state index in [1.165, 1.54) is 0 Å². The van der Waals surface area contributed by atoms with Crippen LogP contribution in [0.5, 0.6) is 5.75 Å². The summed E-state index contributed by atoms with van der Waals surface area (Å²) in [6.45, 7) is 5.11. The Balaban J connectivity index is 1.42. The molecule has 3 N–H and O–H groups in total. The molecule has 1 aromatic heterocycles. The number of rotatable bonds is 10. The monoisotopic (exact) mass is 482 g/mol. The lowest BCUT2D eigenvalue weighted by molar-refractivity contribution is -0.117. The van der Waals surface area contributed by atoms with Crippen molar-refractivity contribution in [3.05, 3.63) is 102 Å². The van der Waals surface area contributed by atoms with E-state index in [-0.39, 0.29) is 17.5 Å². The van der Waals surface area contributed by atoms with Gasteiger partial charge in [0.15, 0.2) is 0 Å². The fourth-order valence-electron chi connectivity index (χ4n) is 3.55. The zero-order valence-corrected chi connectivity index (χ0v) is 20.5. The number of H-pyrrole nitrogens is 1. The molecule has 0 aliphatic heterocycles. The number of aromatic amines is 1. The Morgan fingerprint density at radius 2 is 1.69 bits per heavy atom. The number of aromatic nitrogens is 2. The SMILES string of the molecule is CC(C)COc1ccc(C(=O)N/C(=C\c2ccccc2)C(=O)NCCc2nc3ccccc3[nH]2)cc1. The number of imidazole rings is 1. The highest BCUT2D eigenvalue weighted by molar-refractivity contribution is 6.05. The molecule has 7 heteroatoms. The average molecular weight is 483 g/mol. The van der Waals surface area contributed by atoms with Gasteiger partial charge in [-0.15, -0.1) is 0 Å². The Kier molecular flexibility index (Phi) is 8.13. The van der Waals surface area contributed by atoms with Crippen molar-refractivity contribution in [2.24, 2.45) is 5.92 Å². The van der Waals surface area contributed by atoms with Gasteiger partial charge in [-0.3, -0.25) is 9.59 Å². The molecule has 3 aromatic carbocycles. The highest BCUT2D eigenvalue weighted by Gasteiger charge is 2.15. The predicted molar refractivity (Wildman–Crippen MR) is 141 cm³/mol. The van der Waals surface area contributed by atoms with Crippen LogP contribution in [0.1, 0.15) is 35.6 Å². The van der Waals surface area contributed by atoms with Gasteiger partial charge in [0.1, 0.15) is 17.3 Å². The number of carbonyl (C=O) groups excluding carboxylic acids is 2. The summed E-state index contributed by atoms with van der Waals surface area (Å²) in [6, 6.07) is 24.0. The Morgan fingerprint density at radius 1 is 0.972 bits per heavy atom. The van der Waals surface area contributed by atoms with Gasteiger partial charge in [-0.1, -0.05) is 56.3 Å². The lowest BCUT2D eigenvalue weighted by Crippen LogP contribution is -2.35. The second kappa shape index (κ2) is 11.8. The maximum atomic E-state index is 13.0. The molecule has 0 bridgehead atoms. The molecule has 0 aliphatic rings. The fraction of sp³-hybridized carbons (Fsp3) is 0.207. The van der Waals surface area contributed by atoms with Gasteiger partial charge in [-0.05, 0) is 54.0 Å². The van der Waals surface area contributed by atoms with Crippen molar-refractivity contribution < 1.29 is 14.3 Å². The smallest absolute Gasteiger partial charge is 0.267 e. The third kappa shape index (κ3) is 6.82. The number of amides is 2. The first-order valence-corrected chi connectivity index (χ1v) is 12.0. The normalized spacial score (nSPS) is 11.5. The third-order valence-electron chi connectivity index (χ3n) is 5.39. The molecule has 2 amide bonds. The molecule has 1 heterocycles. The summed E-state index contributed by atoms with van der Waals surface area (Å²) in [4.78, 5) is 33.8. The molecule has 0 unspecified atom stereocenters. The molecule has 0 aliphatic carbocycles. The van der Waals surface area contributed by atoms with Crippen molar-refractivity contribution in [3.8, 4) is 5.75 Å². The van der Waals surface area contributed by atoms with E-state index in [2.05, 4.69) is 34.4 Å². The number of nitrogens with one attached hydrogen (secondary N) is 3. The molecule has 0 spiro atoms. The lowest BCUT2D eigenvalue weighted by Gasteiger charge is -2.12. The molecule has 4 aromatic rings. The number of nitrogens with zero attached hydrogens (tertiary/aromatic N) is 1. The summed E-state index contributed by atoms with van der Waals surface area (Å²) in [5, 5.41) is 5.65. The van der Waals surface area contributed by atoms with Gasteiger partial charge in [0.25, 0.3) is 11.8 Å². The maximum Gasteiger partial charge on any atom is 0.267 e. The molecule has 4 rings (SSSR count). The van der Waals surface area contributed by atoms with Crippen LogP contribution in [0, 0.1) is 5.92 Å². The zero-order valence-electron chi connectivity index (χ0n) is 20.5. The second-order valence-corrected chi connectivity index (χ2v) is 8.86. The predicted octanol–water partition coefficient (Wildman–Crippen LogP) is 4.73. The Morgan fingerprint density at radius 3 is 2.42 bits per heavy atom. The Bertz CT molecular complexity index is 1310. The number of para-hydroxylation sites is 2. The summed E-state index contributed by atoms with van der Waals surface area (Å²) in [6.07, 6.45) is 2.19. The van der Waals surface area contributed by atoms with Gasteiger partial charge >= 0.3 is 0 Å². The van der Waals surface area contributed by atoms with Crippen LogP contribution in [0.4, 0.5) is 0 Å². The first kappa shape index (κ1) is 24.7. The van der Waals surface area contributed by atoms with Gasteiger partial charge < -0.3 is 20.4 Å². The molecule has 0 fully saturated rings. The van der Waals surface area contributed by atoms with E-state index in [1.807, 2.05) is 54.6 Å². The van der Waals surface area contributed by atoms with Crippen molar-refractivity contribution in [2.45, 2.75) is 20.3 Å². The van der Waals surface area contributed by atoms with Gasteiger partial charge in [-0.2, -0.15) is 0 Å². The van der Waals surface area contributed by atoms with Gasteiger partial charge in [0.05, 0.1) is 17.6 Å². The van der Waals surface area contributed by atoms with E-state index >= 15 is 0 Å². The minimum atomic E-state index is -0.375. The molecule has 0 atom stereocenters. The summed E-state index contributed by atoms with van der Waals surface area (Å²) in [7, 11) is 0. The summed E-state index contributed by atoms with van der Waals surface area (Å²) >= 11 is 0. The quantitative estimate of drug-likeness (QED) is 0.285. The molecular formula is C29H30N4O3. The van der Waals surface area contributed by atoms with Gasteiger partial charge in [0, 0.05) is 18.5 Å². The standard InChI is InChI=1S/C29H30N4O3/c1-20(2)19-36-23-14-12-22(13-15-23)28(34)33-26(18-21-8-4-3-5-9-21)29(35)30-17-16-27-31-24-10-6-7-11-25(24)32-27/h3-15,18,20H,16-17,19H2,1-2H3,(H,30,35)(H,31,32)(H,33,34)/b26-18-. The number of ether oxygens (including phenoxy) is 1. The summed E-state index contributed by atoms with van der Waals surface area (Å²) in [5.41, 5.74) is 3.24. The van der Waals surface area contributed by atoms with Gasteiger partial charge in [-0.25, -0.2) is 4.98 Å². The van der Waals surface area contributed by atoms with E-state index in [0.717, 1.165) is 22.4 Å². The zero-order chi connectivity index (χ0) is 25.3. The molecule has 0 saturated heterocycles. The molecule has 0 saturated carbocycles. The lowest BCUT2D eigenvalue weighted by atomic mass is 10.1. The molecular weight excluding hydrogens is 452 g/mol. The van der Waals surface area contributed by atoms with Crippen LogP contribution in [0.2, 0.25) is 0 Å². The van der Waals surface area contributed by atoms with Crippen LogP contribution in [0.15, 0.2) is 84.6 Å². The molecule has 0 radical (unpaired) electrons. The third-order valence-corrected chi connectivity index (χ3v) is 5.39. The number of hydrogen-bond acceptors (Lipinski definition) is 4.